The van der Waals surface area contributed by atoms with E-state index in [0.717, 1.165) is 6.42 Å². The topological polar surface area (TPSA) is 20.2 Å². The first-order valence-electron chi connectivity index (χ1n) is 4.17. The second-order valence-electron chi connectivity index (χ2n) is 3.16. The molecule has 1 aromatic carbocycles. The third-order valence-electron chi connectivity index (χ3n) is 2.33. The van der Waals surface area contributed by atoms with Crippen LogP contribution in [0.3, 0.4) is 0 Å². The van der Waals surface area contributed by atoms with Crippen molar-refractivity contribution in [3.05, 3.63) is 29.3 Å². The number of phenolic OH excluding ortho intramolecular Hbond substituents is 1. The van der Waals surface area contributed by atoms with E-state index in [1.54, 1.807) is 6.07 Å². The van der Waals surface area contributed by atoms with Gasteiger partial charge in [0.2, 0.25) is 0 Å². The van der Waals surface area contributed by atoms with E-state index in [2.05, 4.69) is 0 Å². The normalized spacial score (nSPS) is 13.5. The number of fused-ring (bicyclic) bond motifs is 1. The minimum absolute atomic E-state index is 0. The Balaban J connectivity index is 0.000000720. The lowest BCUT2D eigenvalue weighted by Gasteiger charge is -2.14. The molecule has 2 rings (SSSR count). The molecule has 3 heteroatoms. The van der Waals surface area contributed by atoms with Crippen LogP contribution in [0, 0.1) is 0 Å². The highest BCUT2D eigenvalue weighted by molar-refractivity contribution is 5.85. The lowest BCUT2D eigenvalue weighted by Crippen LogP contribution is -2.01. The van der Waals surface area contributed by atoms with Crippen LogP contribution in [0.4, 0.5) is 0 Å². The van der Waals surface area contributed by atoms with Gasteiger partial charge in [0.1, 0.15) is 5.75 Å². The molecule has 0 fully saturated rings. The summed E-state index contributed by atoms with van der Waals surface area (Å²) in [4.78, 5) is 0. The quantitative estimate of drug-likeness (QED) is 0.713. The van der Waals surface area contributed by atoms with Crippen molar-refractivity contribution in [3.63, 3.8) is 0 Å². The molecule has 0 saturated carbocycles. The van der Waals surface area contributed by atoms with Crippen LogP contribution < -0.4 is 0 Å². The van der Waals surface area contributed by atoms with E-state index in [9.17, 15) is 5.11 Å². The first-order chi connectivity index (χ1) is 5.36. The molecule has 0 heterocycles. The minimum Gasteiger partial charge on any atom is -0.508 e. The summed E-state index contributed by atoms with van der Waals surface area (Å²) in [5.74, 6) is 0.408. The zero-order valence-electron chi connectivity index (χ0n) is 7.32. The molecular weight excluding hydrogens is 207 g/mol. The van der Waals surface area contributed by atoms with Gasteiger partial charge in [0.25, 0.3) is 0 Å². The predicted octanol–water partition coefficient (Wildman–Crippen LogP) is 3.11. The van der Waals surface area contributed by atoms with Crippen LogP contribution in [0.2, 0.25) is 0 Å². The SMILES string of the molecule is Cl.Cl.Oc1ccc2c(c1)CCCC2. The standard InChI is InChI=1S/C10H12O.2ClH/c11-10-6-5-8-3-1-2-4-9(8)7-10;;/h5-7,11H,1-4H2;2*1H. The maximum absolute atomic E-state index is 9.19. The Morgan fingerprint density at radius 2 is 1.54 bits per heavy atom. The summed E-state index contributed by atoms with van der Waals surface area (Å²) in [7, 11) is 0. The molecule has 1 nitrogen and oxygen atoms in total. The maximum Gasteiger partial charge on any atom is 0.115 e. The first kappa shape index (κ1) is 12.6. The fourth-order valence-electron chi connectivity index (χ4n) is 1.72. The molecule has 1 aliphatic carbocycles. The largest absolute Gasteiger partial charge is 0.508 e. The minimum atomic E-state index is 0. The molecule has 0 aliphatic heterocycles. The van der Waals surface area contributed by atoms with Gasteiger partial charge in [-0.3, -0.25) is 0 Å². The summed E-state index contributed by atoms with van der Waals surface area (Å²) in [5.41, 5.74) is 2.77. The number of phenols is 1. The highest BCUT2D eigenvalue weighted by Crippen LogP contribution is 2.24. The highest BCUT2D eigenvalue weighted by atomic mass is 35.5. The van der Waals surface area contributed by atoms with Crippen LogP contribution in [0.15, 0.2) is 18.2 Å². The van der Waals surface area contributed by atoms with Gasteiger partial charge in [-0.15, -0.1) is 24.8 Å². The third-order valence-corrected chi connectivity index (χ3v) is 2.33. The summed E-state index contributed by atoms with van der Waals surface area (Å²) in [6, 6.07) is 5.72. The van der Waals surface area contributed by atoms with Gasteiger partial charge in [-0.05, 0) is 48.9 Å². The average Bonchev–Trinajstić information content (AvgIpc) is 2.04. The van der Waals surface area contributed by atoms with Crippen molar-refractivity contribution in [2.45, 2.75) is 25.7 Å². The van der Waals surface area contributed by atoms with Crippen LogP contribution >= 0.6 is 24.8 Å². The van der Waals surface area contributed by atoms with Crippen LogP contribution in [-0.4, -0.2) is 5.11 Å². The van der Waals surface area contributed by atoms with Crippen LogP contribution in [0.5, 0.6) is 5.75 Å². The van der Waals surface area contributed by atoms with E-state index >= 15 is 0 Å². The van der Waals surface area contributed by atoms with Crippen molar-refractivity contribution in [1.29, 1.82) is 0 Å². The number of benzene rings is 1. The molecule has 0 aromatic heterocycles. The van der Waals surface area contributed by atoms with E-state index in [0.29, 0.717) is 5.75 Å². The monoisotopic (exact) mass is 220 g/mol. The fraction of sp³-hybridized carbons (Fsp3) is 0.400. The van der Waals surface area contributed by atoms with Crippen molar-refractivity contribution in [1.82, 2.24) is 0 Å². The predicted molar refractivity (Wildman–Crippen MR) is 59.2 cm³/mol. The van der Waals surface area contributed by atoms with E-state index < -0.39 is 0 Å². The Hall–Kier alpha value is -0.400. The van der Waals surface area contributed by atoms with Gasteiger partial charge in [0.05, 0.1) is 0 Å². The second-order valence-corrected chi connectivity index (χ2v) is 3.16. The number of aromatic hydroxyl groups is 1. The third kappa shape index (κ3) is 2.78. The Kier molecular flexibility index (Phi) is 5.19. The Labute approximate surface area is 91.0 Å². The van der Waals surface area contributed by atoms with Gasteiger partial charge in [0, 0.05) is 0 Å². The van der Waals surface area contributed by atoms with Crippen molar-refractivity contribution in [3.8, 4) is 5.75 Å². The molecule has 1 aromatic rings. The zero-order chi connectivity index (χ0) is 7.68. The number of hydrogen-bond donors (Lipinski definition) is 1. The molecule has 1 aliphatic rings. The van der Waals surface area contributed by atoms with Crippen LogP contribution in [0.25, 0.3) is 0 Å². The number of rotatable bonds is 0. The molecule has 0 amide bonds. The molecule has 0 radical (unpaired) electrons. The molecule has 0 saturated heterocycles. The summed E-state index contributed by atoms with van der Waals surface area (Å²) in [6.07, 6.45) is 4.91. The molecule has 74 valence electrons. The zero-order valence-corrected chi connectivity index (χ0v) is 8.96. The molecular formula is C10H14Cl2O. The van der Waals surface area contributed by atoms with Gasteiger partial charge < -0.3 is 5.11 Å². The molecule has 0 bridgehead atoms. The molecule has 0 spiro atoms. The van der Waals surface area contributed by atoms with Crippen molar-refractivity contribution >= 4 is 24.8 Å². The van der Waals surface area contributed by atoms with E-state index in [1.165, 1.54) is 30.4 Å². The van der Waals surface area contributed by atoms with Gasteiger partial charge in [-0.25, -0.2) is 0 Å². The van der Waals surface area contributed by atoms with Crippen LogP contribution in [0.1, 0.15) is 24.0 Å². The Bertz CT molecular complexity index is 274. The number of halogens is 2. The van der Waals surface area contributed by atoms with E-state index in [-0.39, 0.29) is 24.8 Å². The number of aryl methyl sites for hydroxylation is 2. The Morgan fingerprint density at radius 3 is 2.23 bits per heavy atom. The van der Waals surface area contributed by atoms with Gasteiger partial charge in [0.15, 0.2) is 0 Å². The lowest BCUT2D eigenvalue weighted by molar-refractivity contribution is 0.473. The number of hydrogen-bond acceptors (Lipinski definition) is 1. The molecule has 13 heavy (non-hydrogen) atoms. The Morgan fingerprint density at radius 1 is 0.923 bits per heavy atom. The van der Waals surface area contributed by atoms with E-state index in [1.807, 2.05) is 12.1 Å². The van der Waals surface area contributed by atoms with Gasteiger partial charge in [-0.2, -0.15) is 0 Å². The van der Waals surface area contributed by atoms with E-state index in [4.69, 9.17) is 0 Å². The van der Waals surface area contributed by atoms with Gasteiger partial charge in [-0.1, -0.05) is 6.07 Å². The van der Waals surface area contributed by atoms with Gasteiger partial charge >= 0.3 is 0 Å². The lowest BCUT2D eigenvalue weighted by atomic mass is 9.92. The molecule has 0 unspecified atom stereocenters. The maximum atomic E-state index is 9.19. The fourth-order valence-corrected chi connectivity index (χ4v) is 1.72. The van der Waals surface area contributed by atoms with Crippen molar-refractivity contribution in [2.24, 2.45) is 0 Å². The molecule has 0 atom stereocenters. The first-order valence-corrected chi connectivity index (χ1v) is 4.17. The summed E-state index contributed by atoms with van der Waals surface area (Å²) in [5, 5.41) is 9.19. The van der Waals surface area contributed by atoms with Crippen molar-refractivity contribution < 1.29 is 5.11 Å². The van der Waals surface area contributed by atoms with Crippen molar-refractivity contribution in [2.75, 3.05) is 0 Å². The highest BCUT2D eigenvalue weighted by Gasteiger charge is 2.08. The average molecular weight is 221 g/mol. The summed E-state index contributed by atoms with van der Waals surface area (Å²) < 4.78 is 0. The summed E-state index contributed by atoms with van der Waals surface area (Å²) >= 11 is 0. The molecule has 1 N–H and O–H groups in total. The smallest absolute Gasteiger partial charge is 0.115 e. The summed E-state index contributed by atoms with van der Waals surface area (Å²) in [6.45, 7) is 0. The second kappa shape index (κ2) is 5.36. The van der Waals surface area contributed by atoms with Crippen LogP contribution in [-0.2, 0) is 12.8 Å².